The highest BCUT2D eigenvalue weighted by atomic mass is 16.2. The largest absolute Gasteiger partial charge is 0.354 e. The topological polar surface area (TPSA) is 70.5 Å². The van der Waals surface area contributed by atoms with Crippen LogP contribution in [-0.4, -0.2) is 38.3 Å². The van der Waals surface area contributed by atoms with Gasteiger partial charge in [0.05, 0.1) is 5.69 Å². The van der Waals surface area contributed by atoms with E-state index in [-0.39, 0.29) is 17.0 Å². The van der Waals surface area contributed by atoms with Gasteiger partial charge in [-0.2, -0.15) is 0 Å². The maximum atomic E-state index is 13.3. The first-order valence-electron chi connectivity index (χ1n) is 13.8. The Hall–Kier alpha value is -4.19. The fraction of sp³-hybridized carbons (Fsp3) is 0.303. The third kappa shape index (κ3) is 4.54. The second-order valence-electron chi connectivity index (χ2n) is 11.1. The van der Waals surface area contributed by atoms with Gasteiger partial charge in [0.1, 0.15) is 5.56 Å². The summed E-state index contributed by atoms with van der Waals surface area (Å²) in [6, 6.07) is 20.2. The first kappa shape index (κ1) is 25.1. The zero-order chi connectivity index (χ0) is 27.3. The van der Waals surface area contributed by atoms with Crippen LogP contribution in [0.25, 0.3) is 27.7 Å². The highest BCUT2D eigenvalue weighted by molar-refractivity contribution is 5.94. The van der Waals surface area contributed by atoms with Crippen LogP contribution in [0.1, 0.15) is 71.4 Å². The van der Waals surface area contributed by atoms with Crippen LogP contribution < -0.4 is 5.56 Å². The fourth-order valence-electron chi connectivity index (χ4n) is 6.19. The molecule has 5 aromatic rings. The van der Waals surface area contributed by atoms with Gasteiger partial charge < -0.3 is 9.88 Å². The lowest BCUT2D eigenvalue weighted by atomic mass is 9.87. The number of hydrogen-bond acceptors (Lipinski definition) is 3. The molecule has 1 aliphatic heterocycles. The average Bonchev–Trinajstić information content (AvgIpc) is 3.32. The number of aromatic nitrogens is 3. The number of amides is 1. The van der Waals surface area contributed by atoms with Crippen LogP contribution in [0.15, 0.2) is 71.7 Å². The van der Waals surface area contributed by atoms with E-state index in [0.29, 0.717) is 24.9 Å². The number of fused-ring (bicyclic) bond motifs is 2. The summed E-state index contributed by atoms with van der Waals surface area (Å²) in [6.45, 7) is 9.87. The molecule has 0 bridgehead atoms. The molecule has 0 saturated carbocycles. The zero-order valence-electron chi connectivity index (χ0n) is 23.0. The Morgan fingerprint density at radius 1 is 0.974 bits per heavy atom. The van der Waals surface area contributed by atoms with Crippen LogP contribution in [0.5, 0.6) is 0 Å². The van der Waals surface area contributed by atoms with Crippen molar-refractivity contribution in [3.63, 3.8) is 0 Å². The van der Waals surface area contributed by atoms with Crippen molar-refractivity contribution in [1.29, 1.82) is 0 Å². The highest BCUT2D eigenvalue weighted by Crippen LogP contribution is 2.38. The molecule has 0 spiro atoms. The maximum absolute atomic E-state index is 13.3. The molecule has 0 aliphatic carbocycles. The fourth-order valence-corrected chi connectivity index (χ4v) is 6.19. The molecule has 1 fully saturated rings. The molecule has 0 radical (unpaired) electrons. The molecular weight excluding hydrogens is 484 g/mol. The second-order valence-corrected chi connectivity index (χ2v) is 11.1. The molecule has 1 aliphatic rings. The van der Waals surface area contributed by atoms with E-state index in [4.69, 9.17) is 0 Å². The van der Waals surface area contributed by atoms with Gasteiger partial charge in [0, 0.05) is 52.7 Å². The monoisotopic (exact) mass is 518 g/mol. The highest BCUT2D eigenvalue weighted by Gasteiger charge is 2.27. The first-order chi connectivity index (χ1) is 18.8. The van der Waals surface area contributed by atoms with Gasteiger partial charge in [0.15, 0.2) is 0 Å². The Bertz CT molecular complexity index is 1750. The predicted octanol–water partition coefficient (Wildman–Crippen LogP) is 6.60. The number of carbonyl (C=O) groups is 1. The minimum atomic E-state index is -0.255. The summed E-state index contributed by atoms with van der Waals surface area (Å²) in [7, 11) is 0. The van der Waals surface area contributed by atoms with E-state index >= 15 is 0 Å². The Labute approximate surface area is 228 Å². The molecular formula is C33H34N4O2. The quantitative estimate of drug-likeness (QED) is 0.291. The Kier molecular flexibility index (Phi) is 6.34. The van der Waals surface area contributed by atoms with Crippen molar-refractivity contribution in [2.45, 2.75) is 52.4 Å². The average molecular weight is 519 g/mol. The minimum absolute atomic E-state index is 0.174. The number of likely N-dealkylation sites (tertiary alicyclic amines) is 1. The molecule has 4 aromatic heterocycles. The maximum Gasteiger partial charge on any atom is 0.267 e. The number of benzene rings is 1. The Morgan fingerprint density at radius 3 is 2.44 bits per heavy atom. The molecule has 39 heavy (non-hydrogen) atoms. The molecule has 1 amide bonds. The van der Waals surface area contributed by atoms with Crippen molar-refractivity contribution in [3.05, 3.63) is 105 Å². The smallest absolute Gasteiger partial charge is 0.267 e. The van der Waals surface area contributed by atoms with Crippen molar-refractivity contribution in [2.75, 3.05) is 13.1 Å². The van der Waals surface area contributed by atoms with E-state index in [1.807, 2.05) is 43.0 Å². The van der Waals surface area contributed by atoms with Gasteiger partial charge in [0.2, 0.25) is 0 Å². The van der Waals surface area contributed by atoms with Gasteiger partial charge in [-0.05, 0) is 98.2 Å². The lowest BCUT2D eigenvalue weighted by molar-refractivity contribution is 0.0711. The van der Waals surface area contributed by atoms with Crippen molar-refractivity contribution in [3.8, 4) is 11.3 Å². The van der Waals surface area contributed by atoms with Crippen molar-refractivity contribution < 1.29 is 4.79 Å². The number of carbonyl (C=O) groups excluding carboxylic acids is 1. The number of piperidine rings is 1. The number of aromatic amines is 1. The van der Waals surface area contributed by atoms with E-state index in [2.05, 4.69) is 54.1 Å². The molecule has 6 nitrogen and oxygen atoms in total. The van der Waals surface area contributed by atoms with Gasteiger partial charge in [0.25, 0.3) is 11.5 Å². The normalized spacial score (nSPS) is 14.5. The molecule has 198 valence electrons. The third-order valence-electron chi connectivity index (χ3n) is 8.06. The number of aryl methyl sites for hydroxylation is 2. The van der Waals surface area contributed by atoms with Crippen LogP contribution in [0.2, 0.25) is 0 Å². The number of nitrogens with zero attached hydrogens (tertiary/aromatic N) is 3. The molecule has 6 heteroatoms. The van der Waals surface area contributed by atoms with Gasteiger partial charge in [-0.1, -0.05) is 26.0 Å². The van der Waals surface area contributed by atoms with Crippen molar-refractivity contribution in [2.24, 2.45) is 0 Å². The van der Waals surface area contributed by atoms with E-state index < -0.39 is 0 Å². The first-order valence-corrected chi connectivity index (χ1v) is 13.8. The number of pyridine rings is 3. The number of nitrogens with one attached hydrogen (secondary N) is 1. The summed E-state index contributed by atoms with van der Waals surface area (Å²) in [4.78, 5) is 36.3. The summed E-state index contributed by atoms with van der Waals surface area (Å²) >= 11 is 0. The second kappa shape index (κ2) is 9.84. The molecule has 1 aromatic carbocycles. The Balaban J connectivity index is 1.25. The van der Waals surface area contributed by atoms with E-state index in [1.165, 1.54) is 27.8 Å². The summed E-state index contributed by atoms with van der Waals surface area (Å²) in [6.07, 6.45) is 3.47. The molecule has 1 N–H and O–H groups in total. The van der Waals surface area contributed by atoms with Crippen molar-refractivity contribution >= 4 is 22.3 Å². The van der Waals surface area contributed by atoms with Crippen LogP contribution >= 0.6 is 0 Å². The summed E-state index contributed by atoms with van der Waals surface area (Å²) in [5.41, 5.74) is 8.96. The van der Waals surface area contributed by atoms with Gasteiger partial charge >= 0.3 is 0 Å². The lowest BCUT2D eigenvalue weighted by Crippen LogP contribution is -2.40. The number of rotatable bonds is 4. The van der Waals surface area contributed by atoms with E-state index in [0.717, 1.165) is 35.3 Å². The summed E-state index contributed by atoms with van der Waals surface area (Å²) < 4.78 is 1.54. The molecule has 1 saturated heterocycles. The Morgan fingerprint density at radius 2 is 1.72 bits per heavy atom. The molecule has 6 rings (SSSR count). The van der Waals surface area contributed by atoms with Crippen LogP contribution in [0.4, 0.5) is 0 Å². The number of H-pyrrole nitrogens is 1. The van der Waals surface area contributed by atoms with Crippen LogP contribution in [-0.2, 0) is 0 Å². The standard InChI is InChI=1S/C33H34N4O2/c1-20(2)30-28-19-24(8-11-29(28)35-31(30)25-17-21(3)34-22(4)18-25)23-12-15-36(16-13-23)32(38)27-10-9-26-7-5-6-14-37(26)33(27)39/h5-11,14,17-20,23,35H,12-13,15-16H2,1-4H3. The van der Waals surface area contributed by atoms with E-state index in [9.17, 15) is 9.59 Å². The lowest BCUT2D eigenvalue weighted by Gasteiger charge is -2.32. The SMILES string of the molecule is Cc1cc(-c2[nH]c3ccc(C4CCN(C(=O)c5ccc6ccccn6c5=O)CC4)cc3c2C(C)C)cc(C)n1. The third-order valence-corrected chi connectivity index (χ3v) is 8.06. The molecule has 0 unspecified atom stereocenters. The van der Waals surface area contributed by atoms with Gasteiger partial charge in [-0.3, -0.25) is 19.0 Å². The molecule has 5 heterocycles. The molecule has 0 atom stereocenters. The van der Waals surface area contributed by atoms with Gasteiger partial charge in [-0.15, -0.1) is 0 Å². The minimum Gasteiger partial charge on any atom is -0.354 e. The van der Waals surface area contributed by atoms with Crippen molar-refractivity contribution in [1.82, 2.24) is 19.3 Å². The zero-order valence-corrected chi connectivity index (χ0v) is 23.0. The van der Waals surface area contributed by atoms with Crippen LogP contribution in [0.3, 0.4) is 0 Å². The van der Waals surface area contributed by atoms with E-state index in [1.54, 1.807) is 16.7 Å². The van der Waals surface area contributed by atoms with Crippen LogP contribution in [0, 0.1) is 13.8 Å². The predicted molar refractivity (Wildman–Crippen MR) is 157 cm³/mol. The summed E-state index contributed by atoms with van der Waals surface area (Å²) in [5, 5.41) is 1.27. The van der Waals surface area contributed by atoms with Gasteiger partial charge in [-0.25, -0.2) is 0 Å². The number of hydrogen-bond donors (Lipinski definition) is 1. The summed E-state index contributed by atoms with van der Waals surface area (Å²) in [5.74, 6) is 0.561.